The third kappa shape index (κ3) is 3.02. The summed E-state index contributed by atoms with van der Waals surface area (Å²) in [5.41, 5.74) is 0. The number of hydrogen-bond donors (Lipinski definition) is 1. The molecule has 100 valence electrons. The molecule has 0 aliphatic carbocycles. The Labute approximate surface area is 112 Å². The van der Waals surface area contributed by atoms with Crippen molar-refractivity contribution in [1.29, 1.82) is 0 Å². The zero-order valence-corrected chi connectivity index (χ0v) is 12.1. The number of nitrogens with one attached hydrogen (secondary N) is 1. The molecule has 2 atom stereocenters. The summed E-state index contributed by atoms with van der Waals surface area (Å²) in [4.78, 5) is 19.6. The van der Waals surface area contributed by atoms with Crippen molar-refractivity contribution in [1.82, 2.24) is 9.88 Å². The van der Waals surface area contributed by atoms with E-state index in [0.29, 0.717) is 17.1 Å². The number of anilines is 1. The second kappa shape index (κ2) is 5.69. The van der Waals surface area contributed by atoms with Crippen molar-refractivity contribution >= 4 is 22.5 Å². The van der Waals surface area contributed by atoms with Gasteiger partial charge in [-0.3, -0.25) is 5.32 Å². The Hall–Kier alpha value is -1.10. The van der Waals surface area contributed by atoms with Crippen LogP contribution in [0, 0.1) is 5.92 Å². The molecule has 1 N–H and O–H groups in total. The van der Waals surface area contributed by atoms with Crippen LogP contribution in [0.4, 0.5) is 9.93 Å². The van der Waals surface area contributed by atoms with Gasteiger partial charge in [0.1, 0.15) is 0 Å². The molecule has 1 aromatic heterocycles. The van der Waals surface area contributed by atoms with Crippen LogP contribution in [0.3, 0.4) is 0 Å². The number of aromatic nitrogens is 1. The van der Waals surface area contributed by atoms with Crippen LogP contribution in [0.15, 0.2) is 6.20 Å². The number of carbonyl (C=O) groups excluding carboxylic acids is 1. The number of thiazole rings is 1. The lowest BCUT2D eigenvalue weighted by Crippen LogP contribution is -2.46. The molecule has 0 saturated carbocycles. The maximum atomic E-state index is 12.2. The number of rotatable bonds is 2. The maximum absolute atomic E-state index is 12.2. The minimum Gasteiger partial charge on any atom is -0.322 e. The van der Waals surface area contributed by atoms with Crippen molar-refractivity contribution in [3.8, 4) is 0 Å². The molecule has 0 unspecified atom stereocenters. The van der Waals surface area contributed by atoms with Crippen LogP contribution < -0.4 is 5.32 Å². The molecule has 1 aromatic rings. The first kappa shape index (κ1) is 13.3. The number of carbonyl (C=O) groups is 1. The summed E-state index contributed by atoms with van der Waals surface area (Å²) >= 11 is 1.56. The van der Waals surface area contributed by atoms with Gasteiger partial charge < -0.3 is 4.90 Å². The highest BCUT2D eigenvalue weighted by Gasteiger charge is 2.27. The summed E-state index contributed by atoms with van der Waals surface area (Å²) in [5, 5.41) is 3.62. The molecule has 2 amide bonds. The average Bonchev–Trinajstić information content (AvgIpc) is 2.80. The zero-order valence-electron chi connectivity index (χ0n) is 11.3. The first-order chi connectivity index (χ1) is 8.60. The van der Waals surface area contributed by atoms with E-state index in [1.165, 1.54) is 11.3 Å². The summed E-state index contributed by atoms with van der Waals surface area (Å²) in [5.74, 6) is 0.592. The van der Waals surface area contributed by atoms with E-state index in [4.69, 9.17) is 0 Å². The lowest BCUT2D eigenvalue weighted by Gasteiger charge is -2.36. The van der Waals surface area contributed by atoms with Gasteiger partial charge in [0.15, 0.2) is 5.13 Å². The second-order valence-electron chi connectivity index (χ2n) is 5.10. The molecule has 1 aliphatic rings. The molecule has 0 spiro atoms. The maximum Gasteiger partial charge on any atom is 0.323 e. The van der Waals surface area contributed by atoms with Crippen LogP contribution in [0.2, 0.25) is 0 Å². The number of hydrogen-bond acceptors (Lipinski definition) is 3. The topological polar surface area (TPSA) is 45.2 Å². The molecule has 1 saturated heterocycles. The highest BCUT2D eigenvalue weighted by Crippen LogP contribution is 2.23. The Morgan fingerprint density at radius 1 is 1.56 bits per heavy atom. The summed E-state index contributed by atoms with van der Waals surface area (Å²) in [6.07, 6.45) is 5.10. The van der Waals surface area contributed by atoms with Gasteiger partial charge in [0.25, 0.3) is 0 Å². The highest BCUT2D eigenvalue weighted by atomic mass is 32.1. The summed E-state index contributed by atoms with van der Waals surface area (Å²) in [6.45, 7) is 7.25. The molecular weight excluding hydrogens is 246 g/mol. The highest BCUT2D eigenvalue weighted by molar-refractivity contribution is 7.15. The van der Waals surface area contributed by atoms with Crippen molar-refractivity contribution in [3.63, 3.8) is 0 Å². The second-order valence-corrected chi connectivity index (χ2v) is 6.21. The lowest BCUT2D eigenvalue weighted by molar-refractivity contribution is 0.147. The van der Waals surface area contributed by atoms with Gasteiger partial charge in [0.2, 0.25) is 0 Å². The van der Waals surface area contributed by atoms with E-state index in [0.717, 1.165) is 19.4 Å². The minimum atomic E-state index is -0.00828. The zero-order chi connectivity index (χ0) is 13.1. The number of amides is 2. The molecule has 0 bridgehead atoms. The molecule has 4 nitrogen and oxygen atoms in total. The van der Waals surface area contributed by atoms with Gasteiger partial charge in [0, 0.05) is 23.7 Å². The first-order valence-electron chi connectivity index (χ1n) is 6.62. The van der Waals surface area contributed by atoms with Gasteiger partial charge >= 0.3 is 6.03 Å². The Morgan fingerprint density at radius 3 is 3.00 bits per heavy atom. The SMILES string of the molecule is CCc1cnc(NC(=O)N2C[C@H](C)CC[C@@H]2C)s1. The molecule has 0 aromatic carbocycles. The van der Waals surface area contributed by atoms with Crippen molar-refractivity contribution in [2.45, 2.75) is 46.1 Å². The van der Waals surface area contributed by atoms with Crippen LogP contribution in [0.1, 0.15) is 38.5 Å². The van der Waals surface area contributed by atoms with Gasteiger partial charge in [-0.05, 0) is 32.1 Å². The Kier molecular flexibility index (Phi) is 4.22. The number of likely N-dealkylation sites (tertiary alicyclic amines) is 1. The van der Waals surface area contributed by atoms with Crippen molar-refractivity contribution in [2.75, 3.05) is 11.9 Å². The van der Waals surface area contributed by atoms with E-state index >= 15 is 0 Å². The molecule has 2 heterocycles. The lowest BCUT2D eigenvalue weighted by atomic mass is 9.95. The number of nitrogens with zero attached hydrogens (tertiary/aromatic N) is 2. The normalized spacial score (nSPS) is 24.1. The summed E-state index contributed by atoms with van der Waals surface area (Å²) < 4.78 is 0. The first-order valence-corrected chi connectivity index (χ1v) is 7.44. The fourth-order valence-corrected chi connectivity index (χ4v) is 3.01. The molecule has 18 heavy (non-hydrogen) atoms. The van der Waals surface area contributed by atoms with Gasteiger partial charge in [0.05, 0.1) is 0 Å². The number of piperidine rings is 1. The number of aryl methyl sites for hydroxylation is 1. The average molecular weight is 267 g/mol. The smallest absolute Gasteiger partial charge is 0.322 e. The standard InChI is InChI=1S/C13H21N3OS/c1-4-11-7-14-12(18-11)15-13(17)16-8-9(2)5-6-10(16)3/h7,9-10H,4-6,8H2,1-3H3,(H,14,15,17)/t9-,10+/m1/s1. The summed E-state index contributed by atoms with van der Waals surface area (Å²) in [7, 11) is 0. The van der Waals surface area contributed by atoms with E-state index in [9.17, 15) is 4.79 Å². The Morgan fingerprint density at radius 2 is 2.33 bits per heavy atom. The third-order valence-corrected chi connectivity index (χ3v) is 4.55. The monoisotopic (exact) mass is 267 g/mol. The van der Waals surface area contributed by atoms with Gasteiger partial charge in [-0.1, -0.05) is 13.8 Å². The van der Waals surface area contributed by atoms with E-state index < -0.39 is 0 Å². The van der Waals surface area contributed by atoms with Crippen LogP contribution in [-0.4, -0.2) is 28.5 Å². The molecule has 5 heteroatoms. The molecule has 1 aliphatic heterocycles. The van der Waals surface area contributed by atoms with Gasteiger partial charge in [-0.15, -0.1) is 11.3 Å². The van der Waals surface area contributed by atoms with Crippen molar-refractivity contribution < 1.29 is 4.79 Å². The van der Waals surface area contributed by atoms with Gasteiger partial charge in [-0.25, -0.2) is 9.78 Å². The predicted octanol–water partition coefficient (Wildman–Crippen LogP) is 3.36. The van der Waals surface area contributed by atoms with Crippen molar-refractivity contribution in [2.24, 2.45) is 5.92 Å². The van der Waals surface area contributed by atoms with Crippen molar-refractivity contribution in [3.05, 3.63) is 11.1 Å². The molecular formula is C13H21N3OS. The van der Waals surface area contributed by atoms with Gasteiger partial charge in [-0.2, -0.15) is 0 Å². The summed E-state index contributed by atoms with van der Waals surface area (Å²) in [6, 6.07) is 0.317. The third-order valence-electron chi connectivity index (χ3n) is 3.49. The van der Waals surface area contributed by atoms with Crippen LogP contribution >= 0.6 is 11.3 Å². The van der Waals surface area contributed by atoms with E-state index in [-0.39, 0.29) is 6.03 Å². The van der Waals surface area contributed by atoms with Crippen LogP contribution in [-0.2, 0) is 6.42 Å². The molecule has 0 radical (unpaired) electrons. The fourth-order valence-electron chi connectivity index (χ4n) is 2.26. The molecule has 1 fully saturated rings. The fraction of sp³-hybridized carbons (Fsp3) is 0.692. The van der Waals surface area contributed by atoms with E-state index in [2.05, 4.69) is 31.1 Å². The van der Waals surface area contributed by atoms with E-state index in [1.807, 2.05) is 11.1 Å². The molecule has 2 rings (SSSR count). The Balaban J connectivity index is 1.98. The quantitative estimate of drug-likeness (QED) is 0.893. The number of urea groups is 1. The van der Waals surface area contributed by atoms with E-state index in [1.54, 1.807) is 11.3 Å². The largest absolute Gasteiger partial charge is 0.323 e. The van der Waals surface area contributed by atoms with Crippen LogP contribution in [0.5, 0.6) is 0 Å². The predicted molar refractivity (Wildman–Crippen MR) is 75.1 cm³/mol. The van der Waals surface area contributed by atoms with Crippen LogP contribution in [0.25, 0.3) is 0 Å². The Bertz CT molecular complexity index is 418. The minimum absolute atomic E-state index is 0.00828.